The van der Waals surface area contributed by atoms with Gasteiger partial charge in [0.05, 0.1) is 17.2 Å². The molecule has 3 fully saturated rings. The van der Waals surface area contributed by atoms with Crippen LogP contribution in [0.5, 0.6) is 5.75 Å². The van der Waals surface area contributed by atoms with E-state index in [4.69, 9.17) is 9.47 Å². The fraction of sp³-hybridized carbons (Fsp3) is 0.451. The maximum absolute atomic E-state index is 14.9. The highest BCUT2D eigenvalue weighted by Crippen LogP contribution is 2.72. The number of nitrogens with one attached hydrogen (secondary N) is 3. The van der Waals surface area contributed by atoms with Crippen molar-refractivity contribution in [1.29, 1.82) is 0 Å². The number of hydrogen-bond acceptors (Lipinski definition) is 10. The van der Waals surface area contributed by atoms with Crippen molar-refractivity contribution in [2.24, 2.45) is 40.9 Å². The van der Waals surface area contributed by atoms with Gasteiger partial charge in [0.1, 0.15) is 17.3 Å². The molecule has 3 heterocycles. The van der Waals surface area contributed by atoms with E-state index in [0.29, 0.717) is 67.2 Å². The number of carbonyl (C=O) groups excluding carboxylic acids is 2. The van der Waals surface area contributed by atoms with Crippen molar-refractivity contribution in [2.45, 2.75) is 70.5 Å². The monoisotopic (exact) mass is 825 g/mol. The minimum absolute atomic E-state index is 0.00527. The second kappa shape index (κ2) is 17.5. The third-order valence-corrected chi connectivity index (χ3v) is 14.8. The Labute approximate surface area is 358 Å². The molecule has 0 aromatic heterocycles. The van der Waals surface area contributed by atoms with Gasteiger partial charge in [-0.15, -0.1) is 0 Å². The Hall–Kier alpha value is -4.84. The normalized spacial score (nSPS) is 29.1. The van der Waals surface area contributed by atoms with Crippen LogP contribution in [0.1, 0.15) is 68.1 Å². The number of phenolic OH excluding ortho intramolecular Hbond substituents is 1. The van der Waals surface area contributed by atoms with Gasteiger partial charge in [0.2, 0.25) is 0 Å². The summed E-state index contributed by atoms with van der Waals surface area (Å²) in [6, 6.07) is 24.0. The number of piperidine rings is 1. The molecule has 320 valence electrons. The summed E-state index contributed by atoms with van der Waals surface area (Å²) in [4.78, 5) is 29.3. The Bertz CT molecular complexity index is 2300. The minimum atomic E-state index is -0.951. The lowest BCUT2D eigenvalue weighted by atomic mass is 9.44. The van der Waals surface area contributed by atoms with Crippen LogP contribution in [-0.4, -0.2) is 67.3 Å². The van der Waals surface area contributed by atoms with Crippen molar-refractivity contribution in [3.8, 4) is 16.9 Å². The number of benzene rings is 3. The molecule has 1 spiro atoms. The zero-order valence-electron chi connectivity index (χ0n) is 35.3. The van der Waals surface area contributed by atoms with Crippen LogP contribution in [0.4, 0.5) is 0 Å². The molecule has 4 aliphatic carbocycles. The maximum Gasteiger partial charge on any atom is 0.340 e. The van der Waals surface area contributed by atoms with Crippen molar-refractivity contribution in [3.05, 3.63) is 130 Å². The van der Waals surface area contributed by atoms with Crippen LogP contribution in [0.3, 0.4) is 0 Å². The van der Waals surface area contributed by atoms with Gasteiger partial charge >= 0.3 is 11.9 Å². The molecule has 3 aromatic carbocycles. The number of aliphatic hydroxyl groups excluding tert-OH is 2. The number of aromatic hydroxyl groups is 1. The molecular formula is C51H59N3O7. The van der Waals surface area contributed by atoms with Crippen LogP contribution < -0.4 is 16.0 Å². The Morgan fingerprint density at radius 2 is 1.75 bits per heavy atom. The second-order valence-electron chi connectivity index (χ2n) is 18.0. The molecule has 10 rings (SSSR count). The van der Waals surface area contributed by atoms with Crippen molar-refractivity contribution < 1.29 is 34.4 Å². The van der Waals surface area contributed by atoms with E-state index in [2.05, 4.69) is 52.4 Å². The Morgan fingerprint density at radius 1 is 0.918 bits per heavy atom. The van der Waals surface area contributed by atoms with Crippen LogP contribution in [-0.2, 0) is 32.0 Å². The van der Waals surface area contributed by atoms with E-state index in [1.807, 2.05) is 56.6 Å². The van der Waals surface area contributed by atoms with Gasteiger partial charge < -0.3 is 40.7 Å². The predicted molar refractivity (Wildman–Crippen MR) is 234 cm³/mol. The number of phenols is 1. The summed E-state index contributed by atoms with van der Waals surface area (Å²) in [5.74, 6) is 0.317. The average Bonchev–Trinajstić information content (AvgIpc) is 3.76. The van der Waals surface area contributed by atoms with E-state index in [1.54, 1.807) is 6.07 Å². The van der Waals surface area contributed by atoms with Crippen molar-refractivity contribution in [1.82, 2.24) is 16.0 Å². The number of carbonyl (C=O) groups is 2. The summed E-state index contributed by atoms with van der Waals surface area (Å²) in [5.41, 5.74) is 7.10. The van der Waals surface area contributed by atoms with Gasteiger partial charge in [-0.2, -0.15) is 0 Å². The van der Waals surface area contributed by atoms with E-state index >= 15 is 0 Å². The van der Waals surface area contributed by atoms with Gasteiger partial charge in [-0.3, -0.25) is 0 Å². The van der Waals surface area contributed by atoms with Crippen LogP contribution in [0, 0.1) is 40.9 Å². The highest BCUT2D eigenvalue weighted by Gasteiger charge is 2.68. The van der Waals surface area contributed by atoms with E-state index in [-0.39, 0.29) is 60.7 Å². The molecule has 10 heteroatoms. The lowest BCUT2D eigenvalue weighted by Crippen LogP contribution is -2.52. The van der Waals surface area contributed by atoms with Crippen molar-refractivity contribution in [2.75, 3.05) is 33.9 Å². The first-order valence-electron chi connectivity index (χ1n) is 22.4. The van der Waals surface area contributed by atoms with Crippen LogP contribution in [0.2, 0.25) is 0 Å². The molecule has 3 aromatic rings. The number of hydrogen-bond donors (Lipinski definition) is 6. The number of fused-ring (bicyclic) bond motifs is 1. The molecule has 0 radical (unpaired) electrons. The number of allylic oxidation sites excluding steroid dienone is 5. The molecule has 2 saturated heterocycles. The largest absolute Gasteiger partial charge is 0.508 e. The predicted octanol–water partition coefficient (Wildman–Crippen LogP) is 6.93. The van der Waals surface area contributed by atoms with Crippen molar-refractivity contribution >= 4 is 17.5 Å². The fourth-order valence-electron chi connectivity index (χ4n) is 12.1. The molecule has 10 nitrogen and oxygen atoms in total. The molecule has 8 unspecified atom stereocenters. The van der Waals surface area contributed by atoms with Gasteiger partial charge in [-0.05, 0) is 172 Å². The second-order valence-corrected chi connectivity index (χ2v) is 18.0. The molecule has 8 atom stereocenters. The van der Waals surface area contributed by atoms with E-state index in [1.165, 1.54) is 0 Å². The third kappa shape index (κ3) is 7.50. The van der Waals surface area contributed by atoms with E-state index < -0.39 is 11.4 Å². The zero-order chi connectivity index (χ0) is 42.3. The Balaban J connectivity index is 1.19. The molecular weight excluding hydrogens is 767 g/mol. The van der Waals surface area contributed by atoms with E-state index in [0.717, 1.165) is 71.2 Å². The molecule has 7 aliphatic rings. The highest BCUT2D eigenvalue weighted by atomic mass is 16.6. The fourth-order valence-corrected chi connectivity index (χ4v) is 12.1. The summed E-state index contributed by atoms with van der Waals surface area (Å²) >= 11 is 0. The first kappa shape index (κ1) is 41.5. The standard InChI is InChI=1S/C51H59N3O7/c1-52-28-32-9-6-10-34(24-32)37-13-12-36(57)27-41(37)45-38-17-20-51(43(61-50(59)48(45)51)25-31(19-22-55)23-30-7-4-3-5-8-30)47-39(38)14-15-40-42(60-49(58)46(40)47)16-11-35(29-56)33-18-21-54-44(26-33)53-2/h3-10,12-13,16,24-25,27,31,33,35,38-39,44,47,52-57H,11,14-15,17-23,26,28-29H2,1-2H3. The number of aliphatic hydroxyl groups is 2. The average molecular weight is 826 g/mol. The SMILES string of the molecule is CNCc1cccc(-c2ccc(O)cc2C2=C3C(=O)OC(=CC(CCO)Cc4ccccc4)C34CCC2C2CCC3=C(C(=O)OC3=CCC(CO)C3CCNC(NC)C3)C24)c1. The molecule has 2 bridgehead atoms. The Morgan fingerprint density at radius 3 is 2.54 bits per heavy atom. The van der Waals surface area contributed by atoms with Crippen LogP contribution in [0.15, 0.2) is 113 Å². The minimum Gasteiger partial charge on any atom is -0.508 e. The highest BCUT2D eigenvalue weighted by molar-refractivity contribution is 6.07. The summed E-state index contributed by atoms with van der Waals surface area (Å²) in [6.07, 6.45) is 10.8. The van der Waals surface area contributed by atoms with Crippen LogP contribution >= 0.6 is 0 Å². The van der Waals surface area contributed by atoms with Gasteiger partial charge in [-0.1, -0.05) is 54.6 Å². The molecule has 1 saturated carbocycles. The zero-order valence-corrected chi connectivity index (χ0v) is 35.3. The van der Waals surface area contributed by atoms with Crippen molar-refractivity contribution in [3.63, 3.8) is 0 Å². The van der Waals surface area contributed by atoms with Gasteiger partial charge in [-0.25, -0.2) is 9.59 Å². The summed E-state index contributed by atoms with van der Waals surface area (Å²) < 4.78 is 12.8. The lowest BCUT2D eigenvalue weighted by Gasteiger charge is -2.56. The summed E-state index contributed by atoms with van der Waals surface area (Å²) in [7, 11) is 3.87. The van der Waals surface area contributed by atoms with Gasteiger partial charge in [0, 0.05) is 36.8 Å². The van der Waals surface area contributed by atoms with Crippen LogP contribution in [0.25, 0.3) is 16.7 Å². The third-order valence-electron chi connectivity index (χ3n) is 14.8. The van der Waals surface area contributed by atoms with Gasteiger partial charge in [0.15, 0.2) is 0 Å². The first-order chi connectivity index (χ1) is 29.8. The quantitative estimate of drug-likeness (QED) is 0.0946. The maximum atomic E-state index is 14.9. The summed E-state index contributed by atoms with van der Waals surface area (Å²) in [6.45, 7) is 1.61. The molecule has 0 amide bonds. The number of ether oxygens (including phenoxy) is 2. The number of rotatable bonds is 14. The molecule has 61 heavy (non-hydrogen) atoms. The molecule has 3 aliphatic heterocycles. The summed E-state index contributed by atoms with van der Waals surface area (Å²) in [5, 5.41) is 42.1. The first-order valence-corrected chi connectivity index (χ1v) is 22.4. The smallest absolute Gasteiger partial charge is 0.340 e. The van der Waals surface area contributed by atoms with Gasteiger partial charge in [0.25, 0.3) is 0 Å². The number of cyclic esters (lactones) is 2. The lowest BCUT2D eigenvalue weighted by molar-refractivity contribution is -0.135. The Kier molecular flexibility index (Phi) is 11.9. The number of esters is 2. The molecule has 6 N–H and O–H groups in total. The van der Waals surface area contributed by atoms with E-state index in [9.17, 15) is 24.9 Å². The topological polar surface area (TPSA) is 149 Å².